The van der Waals surface area contributed by atoms with Gasteiger partial charge in [-0.25, -0.2) is 4.79 Å². The minimum absolute atomic E-state index is 0.0863. The maximum Gasteiger partial charge on any atom is 0.397 e. The van der Waals surface area contributed by atoms with Crippen LogP contribution >= 0.6 is 0 Å². The predicted molar refractivity (Wildman–Crippen MR) is 67.7 cm³/mol. The molecule has 1 rings (SSSR count). The summed E-state index contributed by atoms with van der Waals surface area (Å²) in [5, 5.41) is 8.68. The maximum atomic E-state index is 11.9. The highest BCUT2D eigenvalue weighted by atomic mass is 16.5. The van der Waals surface area contributed by atoms with Crippen LogP contribution in [0.3, 0.4) is 0 Å². The summed E-state index contributed by atoms with van der Waals surface area (Å²) in [7, 11) is 0. The number of amides is 1. The zero-order valence-electron chi connectivity index (χ0n) is 10.5. The molecule has 0 atom stereocenters. The zero-order valence-corrected chi connectivity index (χ0v) is 10.5. The van der Waals surface area contributed by atoms with Crippen molar-refractivity contribution >= 4 is 23.5 Å². The van der Waals surface area contributed by atoms with Crippen molar-refractivity contribution in [1.82, 2.24) is 0 Å². The first kappa shape index (κ1) is 14.7. The Morgan fingerprint density at radius 2 is 1.84 bits per heavy atom. The minimum atomic E-state index is -1.04. The Kier molecular flexibility index (Phi) is 5.53. The summed E-state index contributed by atoms with van der Waals surface area (Å²) in [6.45, 7) is 1.60. The Morgan fingerprint density at radius 1 is 1.21 bits per heavy atom. The van der Waals surface area contributed by atoms with Gasteiger partial charge in [-0.3, -0.25) is 9.59 Å². The van der Waals surface area contributed by atoms with E-state index in [1.165, 1.54) is 0 Å². The van der Waals surface area contributed by atoms with Crippen LogP contribution in [0.2, 0.25) is 0 Å². The summed E-state index contributed by atoms with van der Waals surface area (Å²) in [6.07, 6.45) is -0.250. The van der Waals surface area contributed by atoms with Gasteiger partial charge in [0.1, 0.15) is 0 Å². The van der Waals surface area contributed by atoms with Gasteiger partial charge in [0.2, 0.25) is 0 Å². The lowest BCUT2D eigenvalue weighted by Crippen LogP contribution is -2.39. The first-order valence-electron chi connectivity index (χ1n) is 5.81. The normalized spacial score (nSPS) is 9.74. The van der Waals surface area contributed by atoms with E-state index in [2.05, 4.69) is 4.74 Å². The summed E-state index contributed by atoms with van der Waals surface area (Å²) in [5.74, 6) is -2.90. The van der Waals surface area contributed by atoms with E-state index < -0.39 is 17.8 Å². The molecule has 1 aromatic carbocycles. The molecule has 0 saturated heterocycles. The van der Waals surface area contributed by atoms with Crippen molar-refractivity contribution < 1.29 is 24.2 Å². The maximum absolute atomic E-state index is 11.9. The van der Waals surface area contributed by atoms with Crippen LogP contribution in [0.5, 0.6) is 0 Å². The topological polar surface area (TPSA) is 83.9 Å². The monoisotopic (exact) mass is 265 g/mol. The molecule has 0 unspecified atom stereocenters. The van der Waals surface area contributed by atoms with Crippen molar-refractivity contribution in [1.29, 1.82) is 0 Å². The molecule has 19 heavy (non-hydrogen) atoms. The average molecular weight is 265 g/mol. The summed E-state index contributed by atoms with van der Waals surface area (Å²) in [6, 6.07) is 8.40. The summed E-state index contributed by atoms with van der Waals surface area (Å²) in [5.41, 5.74) is 0.460. The molecule has 0 aromatic heterocycles. The van der Waals surface area contributed by atoms with Crippen molar-refractivity contribution in [2.45, 2.75) is 13.3 Å². The first-order valence-corrected chi connectivity index (χ1v) is 5.81. The molecule has 6 nitrogen and oxygen atoms in total. The lowest BCUT2D eigenvalue weighted by Gasteiger charge is -2.20. The fraction of sp³-hybridized carbons (Fsp3) is 0.308. The fourth-order valence-corrected chi connectivity index (χ4v) is 1.47. The standard InChI is InChI=1S/C13H15NO5/c1-2-19-13(18)12(17)14(9-8-11(15)16)10-6-4-3-5-7-10/h3-7H,2,8-9H2,1H3,(H,15,16). The number of hydrogen-bond donors (Lipinski definition) is 1. The average Bonchev–Trinajstić information content (AvgIpc) is 2.40. The van der Waals surface area contributed by atoms with Crippen LogP contribution in [0.1, 0.15) is 13.3 Å². The quantitative estimate of drug-likeness (QED) is 0.635. The Balaban J connectivity index is 2.89. The van der Waals surface area contributed by atoms with E-state index in [9.17, 15) is 14.4 Å². The number of anilines is 1. The number of esters is 1. The lowest BCUT2D eigenvalue weighted by molar-refractivity contribution is -0.153. The third-order valence-corrected chi connectivity index (χ3v) is 2.31. The molecule has 0 aliphatic carbocycles. The van der Waals surface area contributed by atoms with Crippen molar-refractivity contribution in [3.8, 4) is 0 Å². The Labute approximate surface area is 110 Å². The van der Waals surface area contributed by atoms with Crippen molar-refractivity contribution in [2.75, 3.05) is 18.1 Å². The summed E-state index contributed by atoms with van der Waals surface area (Å²) >= 11 is 0. The Morgan fingerprint density at radius 3 is 2.37 bits per heavy atom. The van der Waals surface area contributed by atoms with Gasteiger partial charge in [0, 0.05) is 12.2 Å². The number of nitrogens with zero attached hydrogens (tertiary/aromatic N) is 1. The van der Waals surface area contributed by atoms with Gasteiger partial charge in [0.25, 0.3) is 0 Å². The highest BCUT2D eigenvalue weighted by Gasteiger charge is 2.24. The first-order chi connectivity index (χ1) is 9.06. The van der Waals surface area contributed by atoms with Gasteiger partial charge in [0.05, 0.1) is 13.0 Å². The van der Waals surface area contributed by atoms with Crippen LogP contribution in [0.4, 0.5) is 5.69 Å². The van der Waals surface area contributed by atoms with E-state index in [1.54, 1.807) is 37.3 Å². The predicted octanol–water partition coefficient (Wildman–Crippen LogP) is 1.06. The molecule has 0 aliphatic heterocycles. The van der Waals surface area contributed by atoms with Crippen LogP contribution in [-0.2, 0) is 19.1 Å². The van der Waals surface area contributed by atoms with Gasteiger partial charge in [-0.1, -0.05) is 18.2 Å². The third kappa shape index (κ3) is 4.42. The van der Waals surface area contributed by atoms with E-state index in [1.807, 2.05) is 0 Å². The zero-order chi connectivity index (χ0) is 14.3. The molecule has 0 saturated carbocycles. The van der Waals surface area contributed by atoms with E-state index in [-0.39, 0.29) is 19.6 Å². The van der Waals surface area contributed by atoms with Gasteiger partial charge in [0.15, 0.2) is 0 Å². The van der Waals surface area contributed by atoms with Crippen LogP contribution in [0.15, 0.2) is 30.3 Å². The number of ether oxygens (including phenoxy) is 1. The van der Waals surface area contributed by atoms with Gasteiger partial charge in [-0.2, -0.15) is 0 Å². The highest BCUT2D eigenvalue weighted by Crippen LogP contribution is 2.14. The number of rotatable bonds is 5. The minimum Gasteiger partial charge on any atom is -0.481 e. The summed E-state index contributed by atoms with van der Waals surface area (Å²) < 4.78 is 4.64. The van der Waals surface area contributed by atoms with Gasteiger partial charge < -0.3 is 14.7 Å². The molecule has 102 valence electrons. The molecule has 1 aromatic rings. The second kappa shape index (κ2) is 7.15. The van der Waals surface area contributed by atoms with Crippen LogP contribution in [-0.4, -0.2) is 36.1 Å². The lowest BCUT2D eigenvalue weighted by atomic mass is 10.2. The van der Waals surface area contributed by atoms with E-state index in [4.69, 9.17) is 5.11 Å². The second-order valence-corrected chi connectivity index (χ2v) is 3.66. The third-order valence-electron chi connectivity index (χ3n) is 2.31. The highest BCUT2D eigenvalue weighted by molar-refractivity contribution is 6.38. The van der Waals surface area contributed by atoms with Crippen LogP contribution in [0.25, 0.3) is 0 Å². The Bertz CT molecular complexity index is 457. The number of hydrogen-bond acceptors (Lipinski definition) is 4. The molecule has 0 aliphatic rings. The number of aliphatic carboxylic acids is 1. The molecule has 1 N–H and O–H groups in total. The number of benzene rings is 1. The van der Waals surface area contributed by atoms with Crippen LogP contribution < -0.4 is 4.90 Å². The van der Waals surface area contributed by atoms with Crippen molar-refractivity contribution in [3.63, 3.8) is 0 Å². The van der Waals surface area contributed by atoms with E-state index >= 15 is 0 Å². The molecular formula is C13H15NO5. The van der Waals surface area contributed by atoms with Gasteiger partial charge >= 0.3 is 17.8 Å². The van der Waals surface area contributed by atoms with Crippen LogP contribution in [0, 0.1) is 0 Å². The molecule has 6 heteroatoms. The second-order valence-electron chi connectivity index (χ2n) is 3.66. The number of para-hydroxylation sites is 1. The Hall–Kier alpha value is -2.37. The summed E-state index contributed by atoms with van der Waals surface area (Å²) in [4.78, 5) is 35.0. The van der Waals surface area contributed by atoms with Crippen molar-refractivity contribution in [2.24, 2.45) is 0 Å². The molecule has 0 bridgehead atoms. The van der Waals surface area contributed by atoms with Gasteiger partial charge in [-0.15, -0.1) is 0 Å². The number of carbonyl (C=O) groups excluding carboxylic acids is 2. The van der Waals surface area contributed by atoms with E-state index in [0.717, 1.165) is 4.90 Å². The molecule has 0 fully saturated rings. The number of carbonyl (C=O) groups is 3. The van der Waals surface area contributed by atoms with Gasteiger partial charge in [-0.05, 0) is 19.1 Å². The molecule has 0 radical (unpaired) electrons. The molecular weight excluding hydrogens is 250 g/mol. The largest absolute Gasteiger partial charge is 0.481 e. The molecule has 1 amide bonds. The molecule has 0 heterocycles. The van der Waals surface area contributed by atoms with Crippen molar-refractivity contribution in [3.05, 3.63) is 30.3 Å². The smallest absolute Gasteiger partial charge is 0.397 e. The SMILES string of the molecule is CCOC(=O)C(=O)N(CCC(=O)O)c1ccccc1. The van der Waals surface area contributed by atoms with E-state index in [0.29, 0.717) is 5.69 Å². The number of carboxylic acid groups (broad SMARTS) is 1. The molecule has 0 spiro atoms. The number of carboxylic acids is 1. The fourth-order valence-electron chi connectivity index (χ4n) is 1.47.